The number of hydrogen-bond acceptors (Lipinski definition) is 5. The van der Waals surface area contributed by atoms with E-state index in [4.69, 9.17) is 0 Å². The van der Waals surface area contributed by atoms with E-state index >= 15 is 0 Å². The van der Waals surface area contributed by atoms with Crippen LogP contribution in [0.3, 0.4) is 0 Å². The van der Waals surface area contributed by atoms with Crippen LogP contribution in [-0.4, -0.2) is 63.4 Å². The van der Waals surface area contributed by atoms with Crippen LogP contribution in [0.1, 0.15) is 30.0 Å². The Hall–Kier alpha value is -1.96. The monoisotopic (exact) mass is 351 g/mol. The molecular weight excluding hydrogens is 330 g/mol. The fourth-order valence-corrected chi connectivity index (χ4v) is 4.50. The summed E-state index contributed by atoms with van der Waals surface area (Å²) in [6.07, 6.45) is 1.34. The van der Waals surface area contributed by atoms with E-state index in [-0.39, 0.29) is 24.7 Å². The number of carbonyl (C=O) groups is 3. The molecule has 7 nitrogen and oxygen atoms in total. The summed E-state index contributed by atoms with van der Waals surface area (Å²) in [4.78, 5) is 43.7. The number of likely N-dealkylation sites (tertiary alicyclic amines) is 2. The number of rotatable bonds is 3. The quantitative estimate of drug-likeness (QED) is 0.874. The lowest BCUT2D eigenvalue weighted by molar-refractivity contribution is -0.146. The van der Waals surface area contributed by atoms with Crippen LogP contribution >= 0.6 is 11.3 Å². The summed E-state index contributed by atoms with van der Waals surface area (Å²) < 4.78 is 0. The van der Waals surface area contributed by atoms with Crippen LogP contribution in [0.4, 0.5) is 0 Å². The van der Waals surface area contributed by atoms with E-state index < -0.39 is 17.4 Å². The number of carbonyl (C=O) groups excluding carboxylic acids is 2. The third kappa shape index (κ3) is 2.79. The van der Waals surface area contributed by atoms with Crippen LogP contribution in [0.5, 0.6) is 0 Å². The molecule has 2 amide bonds. The molecule has 0 radical (unpaired) electrons. The van der Waals surface area contributed by atoms with Crippen LogP contribution in [0.2, 0.25) is 0 Å². The van der Waals surface area contributed by atoms with Crippen molar-refractivity contribution in [1.29, 1.82) is 0 Å². The third-order valence-corrected chi connectivity index (χ3v) is 6.17. The van der Waals surface area contributed by atoms with Gasteiger partial charge in [-0.05, 0) is 19.8 Å². The standard InChI is InChI=1S/C16H21N3O4S/c1-10-17-11(9-24-10)7-14(21)19-5-3-16(4-6-19)12(15(22)23)8-13(20)18(16)2/h9,12H,3-8H2,1-2H3,(H,22,23)/t12-/m0/s1. The van der Waals surface area contributed by atoms with Gasteiger partial charge in [0.2, 0.25) is 11.8 Å². The molecule has 1 spiro atoms. The molecule has 1 aromatic rings. The molecule has 1 aromatic heterocycles. The minimum absolute atomic E-state index is 0.00833. The SMILES string of the molecule is Cc1nc(CC(=O)N2CCC3(CC2)[C@H](C(=O)O)CC(=O)N3C)cs1. The third-order valence-electron chi connectivity index (χ3n) is 5.35. The van der Waals surface area contributed by atoms with Crippen molar-refractivity contribution in [3.8, 4) is 0 Å². The number of aryl methyl sites for hydroxylation is 1. The maximum atomic E-state index is 12.4. The zero-order chi connectivity index (χ0) is 17.5. The average molecular weight is 351 g/mol. The number of nitrogens with zero attached hydrogens (tertiary/aromatic N) is 3. The minimum atomic E-state index is -0.926. The lowest BCUT2D eigenvalue weighted by atomic mass is 9.77. The molecule has 2 aliphatic heterocycles. The maximum absolute atomic E-state index is 12.4. The predicted molar refractivity (Wildman–Crippen MR) is 87.6 cm³/mol. The predicted octanol–water partition coefficient (Wildman–Crippen LogP) is 0.918. The first-order chi connectivity index (χ1) is 11.3. The molecule has 2 fully saturated rings. The highest BCUT2D eigenvalue weighted by Crippen LogP contribution is 2.42. The van der Waals surface area contributed by atoms with Crippen molar-refractivity contribution in [2.75, 3.05) is 20.1 Å². The number of aromatic nitrogens is 1. The summed E-state index contributed by atoms with van der Waals surface area (Å²) >= 11 is 1.52. The molecule has 0 bridgehead atoms. The van der Waals surface area contributed by atoms with Crippen molar-refractivity contribution >= 4 is 29.1 Å². The van der Waals surface area contributed by atoms with Gasteiger partial charge in [-0.2, -0.15) is 0 Å². The van der Waals surface area contributed by atoms with E-state index in [0.717, 1.165) is 10.7 Å². The molecule has 1 atom stereocenters. The first-order valence-corrected chi connectivity index (χ1v) is 8.90. The summed E-state index contributed by atoms with van der Waals surface area (Å²) in [7, 11) is 1.68. The molecule has 24 heavy (non-hydrogen) atoms. The van der Waals surface area contributed by atoms with Crippen molar-refractivity contribution in [2.45, 2.75) is 38.1 Å². The van der Waals surface area contributed by atoms with Crippen LogP contribution in [0.25, 0.3) is 0 Å². The summed E-state index contributed by atoms with van der Waals surface area (Å²) in [5.41, 5.74) is 0.121. The molecule has 0 unspecified atom stereocenters. The smallest absolute Gasteiger partial charge is 0.309 e. The van der Waals surface area contributed by atoms with Crippen LogP contribution < -0.4 is 0 Å². The molecule has 0 aromatic carbocycles. The van der Waals surface area contributed by atoms with E-state index in [1.54, 1.807) is 16.8 Å². The second-order valence-electron chi connectivity index (χ2n) is 6.57. The van der Waals surface area contributed by atoms with Gasteiger partial charge in [-0.3, -0.25) is 14.4 Å². The maximum Gasteiger partial charge on any atom is 0.309 e. The Morgan fingerprint density at radius 2 is 2.08 bits per heavy atom. The second kappa shape index (κ2) is 6.16. The molecule has 130 valence electrons. The number of piperidine rings is 1. The summed E-state index contributed by atoms with van der Waals surface area (Å²) in [5, 5.41) is 12.3. The van der Waals surface area contributed by atoms with Gasteiger partial charge in [-0.1, -0.05) is 0 Å². The van der Waals surface area contributed by atoms with Crippen molar-refractivity contribution in [1.82, 2.24) is 14.8 Å². The normalized spacial score (nSPS) is 23.1. The number of carboxylic acids is 1. The fraction of sp³-hybridized carbons (Fsp3) is 0.625. The minimum Gasteiger partial charge on any atom is -0.481 e. The van der Waals surface area contributed by atoms with Crippen LogP contribution in [0, 0.1) is 12.8 Å². The Morgan fingerprint density at radius 1 is 1.42 bits per heavy atom. The summed E-state index contributed by atoms with van der Waals surface area (Å²) in [5.74, 6) is -1.73. The van der Waals surface area contributed by atoms with E-state index in [2.05, 4.69) is 4.98 Å². The number of hydrogen-bond donors (Lipinski definition) is 1. The highest BCUT2D eigenvalue weighted by atomic mass is 32.1. The van der Waals surface area contributed by atoms with Crippen molar-refractivity contribution in [3.63, 3.8) is 0 Å². The molecule has 2 saturated heterocycles. The molecule has 3 heterocycles. The Morgan fingerprint density at radius 3 is 2.62 bits per heavy atom. The van der Waals surface area contributed by atoms with Gasteiger partial charge in [0.05, 0.1) is 28.6 Å². The summed E-state index contributed by atoms with van der Waals surface area (Å²) in [6.45, 7) is 2.86. The van der Waals surface area contributed by atoms with Crippen LogP contribution in [0.15, 0.2) is 5.38 Å². The Kier molecular flexibility index (Phi) is 4.33. The zero-order valence-corrected chi connectivity index (χ0v) is 14.6. The lowest BCUT2D eigenvalue weighted by Gasteiger charge is -2.45. The molecule has 1 N–H and O–H groups in total. The topological polar surface area (TPSA) is 90.8 Å². The Bertz CT molecular complexity index is 679. The molecule has 3 rings (SSSR count). The summed E-state index contributed by atoms with van der Waals surface area (Å²) in [6, 6.07) is 0. The number of thiazole rings is 1. The highest BCUT2D eigenvalue weighted by Gasteiger charge is 2.55. The number of aliphatic carboxylic acids is 1. The first-order valence-electron chi connectivity index (χ1n) is 8.02. The van der Waals surface area contributed by atoms with E-state index in [1.165, 1.54) is 11.3 Å². The highest BCUT2D eigenvalue weighted by molar-refractivity contribution is 7.09. The van der Waals surface area contributed by atoms with Crippen molar-refractivity contribution in [3.05, 3.63) is 16.1 Å². The van der Waals surface area contributed by atoms with Gasteiger partial charge in [0.25, 0.3) is 0 Å². The Balaban J connectivity index is 1.67. The fourth-order valence-electron chi connectivity index (χ4n) is 3.88. The van der Waals surface area contributed by atoms with Gasteiger partial charge in [0, 0.05) is 31.9 Å². The van der Waals surface area contributed by atoms with Gasteiger partial charge in [0.1, 0.15) is 0 Å². The zero-order valence-electron chi connectivity index (χ0n) is 13.8. The first kappa shape index (κ1) is 16.9. The number of carboxylic acid groups (broad SMARTS) is 1. The van der Waals surface area contributed by atoms with Gasteiger partial charge < -0.3 is 14.9 Å². The largest absolute Gasteiger partial charge is 0.481 e. The lowest BCUT2D eigenvalue weighted by Crippen LogP contribution is -2.57. The average Bonchev–Trinajstić information content (AvgIpc) is 3.05. The van der Waals surface area contributed by atoms with Crippen LogP contribution in [-0.2, 0) is 20.8 Å². The van der Waals surface area contributed by atoms with E-state index in [9.17, 15) is 19.5 Å². The van der Waals surface area contributed by atoms with E-state index in [0.29, 0.717) is 25.9 Å². The van der Waals surface area contributed by atoms with Crippen molar-refractivity contribution in [2.24, 2.45) is 5.92 Å². The van der Waals surface area contributed by atoms with Gasteiger partial charge in [0.15, 0.2) is 0 Å². The molecule has 0 saturated carbocycles. The molecule has 8 heteroatoms. The molecule has 0 aliphatic carbocycles. The second-order valence-corrected chi connectivity index (χ2v) is 7.63. The van der Waals surface area contributed by atoms with Crippen molar-refractivity contribution < 1.29 is 19.5 Å². The van der Waals surface area contributed by atoms with Gasteiger partial charge in [-0.25, -0.2) is 4.98 Å². The molecule has 2 aliphatic rings. The Labute approximate surface area is 144 Å². The van der Waals surface area contributed by atoms with E-state index in [1.807, 2.05) is 12.3 Å². The molecular formula is C16H21N3O4S. The van der Waals surface area contributed by atoms with Gasteiger partial charge >= 0.3 is 5.97 Å². The van der Waals surface area contributed by atoms with Gasteiger partial charge in [-0.15, -0.1) is 11.3 Å². The number of amides is 2.